The summed E-state index contributed by atoms with van der Waals surface area (Å²) >= 11 is -0.203. The summed E-state index contributed by atoms with van der Waals surface area (Å²) in [6.45, 7) is 7.62. The third-order valence-electron chi connectivity index (χ3n) is 4.43. The van der Waals surface area contributed by atoms with Gasteiger partial charge in [-0.05, 0) is 38.1 Å². The number of fused-ring (bicyclic) bond motifs is 1. The smallest absolute Gasteiger partial charge is 0.358 e. The Labute approximate surface area is 189 Å². The molecule has 0 aliphatic rings. The van der Waals surface area contributed by atoms with E-state index in [4.69, 9.17) is 4.74 Å². The van der Waals surface area contributed by atoms with E-state index in [0.29, 0.717) is 33.9 Å². The topological polar surface area (TPSA) is 98.1 Å². The number of halogens is 1. The first-order valence-electron chi connectivity index (χ1n) is 9.98. The molecule has 4 rings (SSSR count). The molecule has 8 nitrogen and oxygen atoms in total. The lowest BCUT2D eigenvalue weighted by atomic mass is 10.0. The van der Waals surface area contributed by atoms with Crippen molar-refractivity contribution in [3.63, 3.8) is 0 Å². The lowest BCUT2D eigenvalue weighted by molar-refractivity contribution is 0.0518. The molecule has 0 saturated heterocycles. The fourth-order valence-corrected chi connectivity index (χ4v) is 3.51. The number of hydrogen-bond donors (Lipinski definition) is 0. The van der Waals surface area contributed by atoms with E-state index in [9.17, 15) is 13.9 Å². The maximum atomic E-state index is 13.7. The highest BCUT2D eigenvalue weighted by Crippen LogP contribution is 2.36. The van der Waals surface area contributed by atoms with Crippen molar-refractivity contribution in [3.05, 3.63) is 59.8 Å². The molecule has 0 aliphatic carbocycles. The highest BCUT2D eigenvalue weighted by molar-refractivity contribution is 7.92. The fraction of sp³-hybridized carbons (Fsp3) is 0.227. The van der Waals surface area contributed by atoms with Crippen LogP contribution in [0.3, 0.4) is 0 Å². The second-order valence-corrected chi connectivity index (χ2v) is 6.78. The third-order valence-corrected chi connectivity index (χ3v) is 4.82. The minimum absolute atomic E-state index is 0.0550. The molecule has 0 aliphatic heterocycles. The van der Waals surface area contributed by atoms with Crippen molar-refractivity contribution in [3.8, 4) is 28.6 Å². The normalized spacial score (nSPS) is 10.4. The van der Waals surface area contributed by atoms with Crippen molar-refractivity contribution in [2.45, 2.75) is 27.7 Å². The molecular weight excluding hydrogens is 431 g/mol. The molecule has 164 valence electrons. The molecule has 0 N–H and O–H groups in total. The molecule has 0 saturated carbocycles. The summed E-state index contributed by atoms with van der Waals surface area (Å²) in [5, 5.41) is 13.6. The van der Waals surface area contributed by atoms with Crippen LogP contribution < -0.4 is 0 Å². The van der Waals surface area contributed by atoms with Gasteiger partial charge in [0, 0.05) is 23.0 Å². The van der Waals surface area contributed by atoms with Gasteiger partial charge < -0.3 is 4.74 Å². The van der Waals surface area contributed by atoms with Gasteiger partial charge in [-0.1, -0.05) is 19.9 Å². The van der Waals surface area contributed by atoms with E-state index in [1.54, 1.807) is 41.8 Å². The van der Waals surface area contributed by atoms with Crippen molar-refractivity contribution < 1.29 is 13.4 Å². The molecule has 10 heteroatoms. The summed E-state index contributed by atoms with van der Waals surface area (Å²) < 4.78 is 21.4. The van der Waals surface area contributed by atoms with Crippen LogP contribution >= 0.6 is 12.3 Å². The number of rotatable bonds is 5. The van der Waals surface area contributed by atoms with Gasteiger partial charge in [0.15, 0.2) is 18.0 Å². The van der Waals surface area contributed by atoms with Gasteiger partial charge in [0.25, 0.3) is 0 Å². The second-order valence-electron chi connectivity index (χ2n) is 6.30. The number of carbonyl (C=O) groups is 1. The first kappa shape index (κ1) is 23.0. The number of aryl methyl sites for hydroxylation is 1. The number of imidazole rings is 1. The summed E-state index contributed by atoms with van der Waals surface area (Å²) in [5.74, 6) is -0.713. The molecule has 0 fully saturated rings. The number of aromatic nitrogens is 5. The highest BCUT2D eigenvalue weighted by atomic mass is 32.2. The van der Waals surface area contributed by atoms with Crippen LogP contribution in [0.5, 0.6) is 0 Å². The Balaban J connectivity index is 0.00000141. The average Bonchev–Trinajstić information content (AvgIpc) is 3.41. The van der Waals surface area contributed by atoms with E-state index >= 15 is 0 Å². The second kappa shape index (κ2) is 10.1. The van der Waals surface area contributed by atoms with Gasteiger partial charge in [0.2, 0.25) is 0 Å². The van der Waals surface area contributed by atoms with Crippen LogP contribution in [0, 0.1) is 18.3 Å². The summed E-state index contributed by atoms with van der Waals surface area (Å²) in [6, 6.07) is 10.9. The van der Waals surface area contributed by atoms with E-state index in [2.05, 4.69) is 21.1 Å². The quantitative estimate of drug-likeness (QED) is 0.392. The number of nitrogens with zero attached hydrogens (tertiary/aromatic N) is 6. The Hall–Kier alpha value is -3.71. The molecule has 4 heterocycles. The van der Waals surface area contributed by atoms with Crippen LogP contribution in [0.4, 0.5) is 3.89 Å². The molecule has 0 aromatic carbocycles. The number of pyridine rings is 2. The van der Waals surface area contributed by atoms with Crippen LogP contribution in [0.25, 0.3) is 28.2 Å². The van der Waals surface area contributed by atoms with E-state index in [0.717, 1.165) is 9.78 Å². The molecule has 0 atom stereocenters. The summed E-state index contributed by atoms with van der Waals surface area (Å²) in [5.41, 5.74) is 3.29. The molecule has 0 radical (unpaired) electrons. The fourth-order valence-electron chi connectivity index (χ4n) is 3.17. The number of esters is 1. The molecule has 4 aromatic rings. The van der Waals surface area contributed by atoms with Gasteiger partial charge in [-0.3, -0.25) is 9.38 Å². The van der Waals surface area contributed by atoms with Crippen LogP contribution in [0.1, 0.15) is 42.6 Å². The van der Waals surface area contributed by atoms with Crippen molar-refractivity contribution in [1.82, 2.24) is 23.6 Å². The van der Waals surface area contributed by atoms with E-state index < -0.39 is 5.97 Å². The van der Waals surface area contributed by atoms with Gasteiger partial charge in [0.05, 0.1) is 18.5 Å². The minimum atomic E-state index is -0.713. The lowest BCUT2D eigenvalue weighted by Crippen LogP contribution is -2.10. The Morgan fingerprint density at radius 1 is 1.28 bits per heavy atom. The first-order chi connectivity index (χ1) is 15.6. The van der Waals surface area contributed by atoms with E-state index in [1.165, 1.54) is 6.20 Å². The summed E-state index contributed by atoms with van der Waals surface area (Å²) in [4.78, 5) is 21.4. The molecular formula is C22H21FN6O2S. The standard InChI is InChI=1S/C20H15FN6O2S.C2H6/c1-3-29-20(28)19-17(13-7-8-16-23-10-14(9-22)26(16)11-13)18(25-27(19)30-21)15-6-4-5-12(2)24-15;1-2/h4-8,10-11H,3H2,1-2H3;1-2H3. The largest absolute Gasteiger partial charge is 0.461 e. The van der Waals surface area contributed by atoms with Crippen LogP contribution in [-0.4, -0.2) is 36.1 Å². The SMILES string of the molecule is CC.CCOC(=O)c1c(-c2ccc3ncc(C#N)n3c2)c(-c2cccc(C)n2)nn1SF. The number of hydrogen-bond acceptors (Lipinski definition) is 7. The molecule has 32 heavy (non-hydrogen) atoms. The van der Waals surface area contributed by atoms with E-state index in [1.807, 2.05) is 26.8 Å². The Kier molecular flexibility index (Phi) is 7.22. The molecule has 0 spiro atoms. The monoisotopic (exact) mass is 452 g/mol. The van der Waals surface area contributed by atoms with E-state index in [-0.39, 0.29) is 24.6 Å². The van der Waals surface area contributed by atoms with Crippen molar-refractivity contribution in [2.24, 2.45) is 0 Å². The van der Waals surface area contributed by atoms with Gasteiger partial charge in [-0.15, -0.1) is 3.89 Å². The Morgan fingerprint density at radius 2 is 2.06 bits per heavy atom. The molecule has 0 bridgehead atoms. The average molecular weight is 453 g/mol. The molecule has 0 amide bonds. The van der Waals surface area contributed by atoms with Gasteiger partial charge in [-0.25, -0.2) is 9.78 Å². The highest BCUT2D eigenvalue weighted by Gasteiger charge is 2.28. The predicted octanol–water partition coefficient (Wildman–Crippen LogP) is 5.02. The van der Waals surface area contributed by atoms with Gasteiger partial charge in [-0.2, -0.15) is 14.4 Å². The predicted molar refractivity (Wildman–Crippen MR) is 120 cm³/mol. The molecule has 0 unspecified atom stereocenters. The van der Waals surface area contributed by atoms with Crippen LogP contribution in [0.2, 0.25) is 0 Å². The zero-order valence-electron chi connectivity index (χ0n) is 18.0. The Bertz CT molecular complexity index is 1310. The van der Waals surface area contributed by atoms with Gasteiger partial charge in [0.1, 0.15) is 23.1 Å². The lowest BCUT2D eigenvalue weighted by Gasteiger charge is -2.08. The minimum Gasteiger partial charge on any atom is -0.461 e. The van der Waals surface area contributed by atoms with Crippen molar-refractivity contribution in [1.29, 1.82) is 5.26 Å². The number of carbonyl (C=O) groups excluding carboxylic acids is 1. The van der Waals surface area contributed by atoms with Crippen molar-refractivity contribution in [2.75, 3.05) is 6.61 Å². The molecule has 4 aromatic heterocycles. The number of ether oxygens (including phenoxy) is 1. The Morgan fingerprint density at radius 3 is 2.72 bits per heavy atom. The summed E-state index contributed by atoms with van der Waals surface area (Å²) in [7, 11) is 0. The van der Waals surface area contributed by atoms with Crippen LogP contribution in [-0.2, 0) is 4.74 Å². The maximum Gasteiger partial charge on any atom is 0.358 e. The number of nitriles is 1. The maximum absolute atomic E-state index is 13.7. The third kappa shape index (κ3) is 4.20. The van der Waals surface area contributed by atoms with Gasteiger partial charge >= 0.3 is 5.97 Å². The zero-order chi connectivity index (χ0) is 23.3. The van der Waals surface area contributed by atoms with Crippen LogP contribution in [0.15, 0.2) is 42.7 Å². The first-order valence-corrected chi connectivity index (χ1v) is 10.7. The zero-order valence-corrected chi connectivity index (χ0v) is 18.9. The van der Waals surface area contributed by atoms with Crippen molar-refractivity contribution >= 4 is 24.0 Å². The summed E-state index contributed by atoms with van der Waals surface area (Å²) in [6.07, 6.45) is 3.11.